The van der Waals surface area contributed by atoms with E-state index in [-0.39, 0.29) is 0 Å². The predicted molar refractivity (Wildman–Crippen MR) is 54.7 cm³/mol. The summed E-state index contributed by atoms with van der Waals surface area (Å²) in [6.45, 7) is 0.598. The van der Waals surface area contributed by atoms with E-state index in [0.717, 1.165) is 23.4 Å². The second-order valence-electron chi connectivity index (χ2n) is 3.09. The van der Waals surface area contributed by atoms with Crippen LogP contribution in [0.15, 0.2) is 40.9 Å². The summed E-state index contributed by atoms with van der Waals surface area (Å²) < 4.78 is 5.20. The Balaban J connectivity index is 2.25. The predicted octanol–water partition coefficient (Wildman–Crippen LogP) is 1.84. The number of benzene rings is 1. The van der Waals surface area contributed by atoms with Crippen LogP contribution in [0.4, 0.5) is 0 Å². The van der Waals surface area contributed by atoms with Crippen molar-refractivity contribution in [2.45, 2.75) is 6.42 Å². The molecule has 0 aliphatic rings. The fourth-order valence-corrected chi connectivity index (χ4v) is 1.32. The minimum atomic E-state index is 0.598. The minimum Gasteiger partial charge on any atom is -0.356 e. The molecule has 0 unspecified atom stereocenters. The van der Waals surface area contributed by atoms with Crippen LogP contribution in [0.25, 0.3) is 11.3 Å². The van der Waals surface area contributed by atoms with Gasteiger partial charge in [-0.3, -0.25) is 0 Å². The lowest BCUT2D eigenvalue weighted by molar-refractivity contribution is 0.423. The van der Waals surface area contributed by atoms with Gasteiger partial charge in [-0.15, -0.1) is 0 Å². The average molecular weight is 188 g/mol. The zero-order valence-corrected chi connectivity index (χ0v) is 7.81. The van der Waals surface area contributed by atoms with Crippen molar-refractivity contribution in [3.05, 3.63) is 42.1 Å². The summed E-state index contributed by atoms with van der Waals surface area (Å²) in [4.78, 5) is 0. The molecule has 0 aliphatic heterocycles. The lowest BCUT2D eigenvalue weighted by Crippen LogP contribution is -2.02. The molecule has 0 spiro atoms. The smallest absolute Gasteiger partial charge is 0.167 e. The summed E-state index contributed by atoms with van der Waals surface area (Å²) in [5.74, 6) is 0.800. The van der Waals surface area contributed by atoms with Crippen molar-refractivity contribution in [1.29, 1.82) is 0 Å². The van der Waals surface area contributed by atoms with E-state index in [0.29, 0.717) is 6.54 Å². The number of nitrogens with zero attached hydrogens (tertiary/aromatic N) is 1. The Labute approximate surface area is 82.5 Å². The maximum Gasteiger partial charge on any atom is 0.167 e. The first-order valence-corrected chi connectivity index (χ1v) is 4.61. The van der Waals surface area contributed by atoms with Crippen LogP contribution in [0.3, 0.4) is 0 Å². The molecule has 0 saturated heterocycles. The molecule has 0 fully saturated rings. The van der Waals surface area contributed by atoms with Gasteiger partial charge < -0.3 is 10.3 Å². The van der Waals surface area contributed by atoms with Crippen LogP contribution in [0.1, 0.15) is 5.69 Å². The zero-order chi connectivity index (χ0) is 9.80. The van der Waals surface area contributed by atoms with Crippen LogP contribution < -0.4 is 5.73 Å². The van der Waals surface area contributed by atoms with Gasteiger partial charge in [-0.2, -0.15) is 0 Å². The molecule has 3 nitrogen and oxygen atoms in total. The molecule has 1 aromatic carbocycles. The van der Waals surface area contributed by atoms with Gasteiger partial charge in [-0.05, 0) is 6.54 Å². The van der Waals surface area contributed by atoms with Crippen molar-refractivity contribution in [2.75, 3.05) is 6.54 Å². The molecule has 0 amide bonds. The third-order valence-corrected chi connectivity index (χ3v) is 2.02. The van der Waals surface area contributed by atoms with E-state index in [1.165, 1.54) is 0 Å². The summed E-state index contributed by atoms with van der Waals surface area (Å²) in [6.07, 6.45) is 0.760. The molecular formula is C11H12N2O. The second-order valence-corrected chi connectivity index (χ2v) is 3.09. The summed E-state index contributed by atoms with van der Waals surface area (Å²) in [7, 11) is 0. The Kier molecular flexibility index (Phi) is 2.60. The van der Waals surface area contributed by atoms with Crippen LogP contribution in [0, 0.1) is 0 Å². The molecule has 0 atom stereocenters. The average Bonchev–Trinajstić information content (AvgIpc) is 2.68. The third-order valence-electron chi connectivity index (χ3n) is 2.02. The van der Waals surface area contributed by atoms with Crippen molar-refractivity contribution in [2.24, 2.45) is 5.73 Å². The lowest BCUT2D eigenvalue weighted by Gasteiger charge is -1.91. The molecule has 2 rings (SSSR count). The van der Waals surface area contributed by atoms with Gasteiger partial charge in [-0.1, -0.05) is 35.5 Å². The van der Waals surface area contributed by atoms with Gasteiger partial charge >= 0.3 is 0 Å². The van der Waals surface area contributed by atoms with Gasteiger partial charge in [0.15, 0.2) is 5.76 Å². The van der Waals surface area contributed by atoms with Gasteiger partial charge in [0.25, 0.3) is 0 Å². The molecule has 2 aromatic rings. The van der Waals surface area contributed by atoms with Crippen molar-refractivity contribution in [1.82, 2.24) is 5.16 Å². The largest absolute Gasteiger partial charge is 0.356 e. The summed E-state index contributed by atoms with van der Waals surface area (Å²) in [5.41, 5.74) is 7.38. The highest BCUT2D eigenvalue weighted by atomic mass is 16.5. The topological polar surface area (TPSA) is 52.0 Å². The summed E-state index contributed by atoms with van der Waals surface area (Å²) in [5, 5.41) is 3.93. The van der Waals surface area contributed by atoms with E-state index in [1.807, 2.05) is 36.4 Å². The van der Waals surface area contributed by atoms with Gasteiger partial charge in [0.2, 0.25) is 0 Å². The quantitative estimate of drug-likeness (QED) is 0.799. The van der Waals surface area contributed by atoms with E-state index in [4.69, 9.17) is 10.3 Å². The van der Waals surface area contributed by atoms with E-state index in [9.17, 15) is 0 Å². The van der Waals surface area contributed by atoms with Gasteiger partial charge in [0.1, 0.15) is 0 Å². The van der Waals surface area contributed by atoms with Crippen LogP contribution in [0.5, 0.6) is 0 Å². The standard InChI is InChI=1S/C11H12N2O/c12-7-6-10-8-11(14-13-10)9-4-2-1-3-5-9/h1-5,8H,6-7,12H2. The third kappa shape index (κ3) is 1.83. The number of rotatable bonds is 3. The molecular weight excluding hydrogens is 176 g/mol. The molecule has 0 aliphatic carbocycles. The van der Waals surface area contributed by atoms with Gasteiger partial charge in [0, 0.05) is 18.1 Å². The molecule has 0 saturated carbocycles. The van der Waals surface area contributed by atoms with Crippen molar-refractivity contribution >= 4 is 0 Å². The van der Waals surface area contributed by atoms with Gasteiger partial charge in [0.05, 0.1) is 5.69 Å². The molecule has 2 N–H and O–H groups in total. The summed E-state index contributed by atoms with van der Waals surface area (Å²) in [6, 6.07) is 11.8. The molecule has 72 valence electrons. The van der Waals surface area contributed by atoms with Crippen LogP contribution >= 0.6 is 0 Å². The Hall–Kier alpha value is -1.61. The lowest BCUT2D eigenvalue weighted by atomic mass is 10.1. The Morgan fingerprint density at radius 3 is 2.71 bits per heavy atom. The first kappa shape index (κ1) is 8.97. The van der Waals surface area contributed by atoms with Crippen LogP contribution in [-0.2, 0) is 6.42 Å². The SMILES string of the molecule is NCCc1cc(-c2ccccc2)on1. The zero-order valence-electron chi connectivity index (χ0n) is 7.81. The van der Waals surface area contributed by atoms with Crippen LogP contribution in [0.2, 0.25) is 0 Å². The number of hydrogen-bond acceptors (Lipinski definition) is 3. The molecule has 1 heterocycles. The molecule has 14 heavy (non-hydrogen) atoms. The van der Waals surface area contributed by atoms with E-state index in [2.05, 4.69) is 5.16 Å². The number of aromatic nitrogens is 1. The number of nitrogens with two attached hydrogens (primary N) is 1. The van der Waals surface area contributed by atoms with E-state index in [1.54, 1.807) is 0 Å². The van der Waals surface area contributed by atoms with E-state index >= 15 is 0 Å². The molecule has 0 bridgehead atoms. The molecule has 0 radical (unpaired) electrons. The fraction of sp³-hybridized carbons (Fsp3) is 0.182. The maximum atomic E-state index is 5.43. The Morgan fingerprint density at radius 1 is 1.21 bits per heavy atom. The highest BCUT2D eigenvalue weighted by molar-refractivity contribution is 5.56. The normalized spacial score (nSPS) is 10.4. The van der Waals surface area contributed by atoms with Crippen LogP contribution in [-0.4, -0.2) is 11.7 Å². The summed E-state index contributed by atoms with van der Waals surface area (Å²) >= 11 is 0. The minimum absolute atomic E-state index is 0.598. The van der Waals surface area contributed by atoms with Crippen molar-refractivity contribution < 1.29 is 4.52 Å². The number of hydrogen-bond donors (Lipinski definition) is 1. The van der Waals surface area contributed by atoms with Gasteiger partial charge in [-0.25, -0.2) is 0 Å². The van der Waals surface area contributed by atoms with E-state index < -0.39 is 0 Å². The molecule has 3 heteroatoms. The Morgan fingerprint density at radius 2 is 2.00 bits per heavy atom. The highest BCUT2D eigenvalue weighted by Gasteiger charge is 2.04. The monoisotopic (exact) mass is 188 g/mol. The fourth-order valence-electron chi connectivity index (χ4n) is 1.32. The first-order chi connectivity index (χ1) is 6.90. The maximum absolute atomic E-state index is 5.43. The highest BCUT2D eigenvalue weighted by Crippen LogP contribution is 2.19. The Bertz CT molecular complexity index is 395. The van der Waals surface area contributed by atoms with Crippen molar-refractivity contribution in [3.8, 4) is 11.3 Å². The second kappa shape index (κ2) is 4.07. The molecule has 1 aromatic heterocycles. The van der Waals surface area contributed by atoms with Crippen molar-refractivity contribution in [3.63, 3.8) is 0 Å². The first-order valence-electron chi connectivity index (χ1n) is 4.61.